The van der Waals surface area contributed by atoms with E-state index in [0.717, 1.165) is 34.4 Å². The van der Waals surface area contributed by atoms with Crippen LogP contribution in [0.1, 0.15) is 70.6 Å². The Morgan fingerprint density at radius 1 is 1.24 bits per heavy atom. The first kappa shape index (κ1) is 20.4. The number of Topliss-reactive ketones (excluding diaryl/α,β-unsaturated/α-hetero) is 1. The van der Waals surface area contributed by atoms with E-state index in [9.17, 15) is 4.79 Å². The van der Waals surface area contributed by atoms with Gasteiger partial charge in [0.2, 0.25) is 0 Å². The van der Waals surface area contributed by atoms with Crippen molar-refractivity contribution in [2.45, 2.75) is 63.6 Å². The molecule has 29 heavy (non-hydrogen) atoms. The van der Waals surface area contributed by atoms with Gasteiger partial charge in [-0.25, -0.2) is 0 Å². The van der Waals surface area contributed by atoms with Crippen molar-refractivity contribution in [3.05, 3.63) is 51.2 Å². The number of hydrogen-bond acceptors (Lipinski definition) is 5. The molecule has 1 aliphatic carbocycles. The highest BCUT2D eigenvalue weighted by Gasteiger charge is 2.24. The van der Waals surface area contributed by atoms with Gasteiger partial charge >= 0.3 is 0 Å². The van der Waals surface area contributed by atoms with E-state index in [0.29, 0.717) is 11.8 Å². The summed E-state index contributed by atoms with van der Waals surface area (Å²) in [4.78, 5) is 14.2. The number of carbonyl (C=O) groups is 1. The average molecular weight is 429 g/mol. The smallest absolute Gasteiger partial charge is 0.191 e. The maximum Gasteiger partial charge on any atom is 0.191 e. The molecule has 5 nitrogen and oxygen atoms in total. The topological polar surface area (TPSA) is 52.7 Å². The van der Waals surface area contributed by atoms with Crippen LogP contribution in [0, 0.1) is 13.8 Å². The van der Waals surface area contributed by atoms with Crippen molar-refractivity contribution < 1.29 is 4.79 Å². The third kappa shape index (κ3) is 4.36. The fourth-order valence-electron chi connectivity index (χ4n) is 4.15. The third-order valence-corrected chi connectivity index (χ3v) is 7.81. The minimum absolute atomic E-state index is 0.161. The van der Waals surface area contributed by atoms with Gasteiger partial charge < -0.3 is 9.13 Å². The van der Waals surface area contributed by atoms with Crippen molar-refractivity contribution in [2.75, 3.05) is 5.75 Å². The Labute approximate surface area is 180 Å². The Kier molecular flexibility index (Phi) is 6.25. The minimum atomic E-state index is 0.161. The van der Waals surface area contributed by atoms with Crippen LogP contribution in [0.3, 0.4) is 0 Å². The summed E-state index contributed by atoms with van der Waals surface area (Å²) in [5, 5.41) is 12.0. The molecule has 0 unspecified atom stereocenters. The Hall–Kier alpha value is -1.86. The van der Waals surface area contributed by atoms with Crippen LogP contribution in [0.15, 0.2) is 28.7 Å². The van der Waals surface area contributed by atoms with Crippen molar-refractivity contribution in [3.8, 4) is 0 Å². The molecule has 0 aromatic carbocycles. The second-order valence-electron chi connectivity index (χ2n) is 7.87. The van der Waals surface area contributed by atoms with Crippen molar-refractivity contribution >= 4 is 28.9 Å². The fraction of sp³-hybridized carbons (Fsp3) is 0.500. The average Bonchev–Trinajstić information content (AvgIpc) is 3.44. The summed E-state index contributed by atoms with van der Waals surface area (Å²) in [5.74, 6) is 1.59. The quantitative estimate of drug-likeness (QED) is 0.375. The molecule has 3 heterocycles. The van der Waals surface area contributed by atoms with E-state index in [2.05, 4.69) is 36.8 Å². The highest BCUT2D eigenvalue weighted by Crippen LogP contribution is 2.33. The van der Waals surface area contributed by atoms with Crippen LogP contribution < -0.4 is 0 Å². The van der Waals surface area contributed by atoms with E-state index in [-0.39, 0.29) is 5.78 Å². The summed E-state index contributed by atoms with van der Waals surface area (Å²) in [6.45, 7) is 4.04. The molecular formula is C22H28N4OS2. The number of rotatable bonds is 7. The standard InChI is InChI=1S/C22H28N4OS2/c1-15-12-19(16(2)25(15)3)20(27)14-29-22-24-23-21(13-18-10-7-11-28-18)26(22)17-8-5-4-6-9-17/h7,10-12,17H,4-6,8-9,13-14H2,1-3H3. The summed E-state index contributed by atoms with van der Waals surface area (Å²) in [6.07, 6.45) is 6.99. The molecule has 0 amide bonds. The highest BCUT2D eigenvalue weighted by atomic mass is 32.2. The molecule has 1 aliphatic rings. The highest BCUT2D eigenvalue weighted by molar-refractivity contribution is 7.99. The molecule has 3 aromatic heterocycles. The Morgan fingerprint density at radius 3 is 2.69 bits per heavy atom. The maximum absolute atomic E-state index is 12.9. The molecule has 154 valence electrons. The van der Waals surface area contributed by atoms with Crippen LogP contribution in [0.25, 0.3) is 0 Å². The van der Waals surface area contributed by atoms with E-state index in [1.165, 1.54) is 48.7 Å². The predicted octanol–water partition coefficient (Wildman–Crippen LogP) is 5.37. The molecular weight excluding hydrogens is 400 g/mol. The van der Waals surface area contributed by atoms with Crippen LogP contribution in [0.4, 0.5) is 0 Å². The molecule has 1 fully saturated rings. The Bertz CT molecular complexity index is 981. The lowest BCUT2D eigenvalue weighted by Crippen LogP contribution is -2.17. The zero-order chi connectivity index (χ0) is 20.4. The van der Waals surface area contributed by atoms with Gasteiger partial charge in [-0.1, -0.05) is 37.1 Å². The van der Waals surface area contributed by atoms with E-state index < -0.39 is 0 Å². The number of nitrogens with zero attached hydrogens (tertiary/aromatic N) is 4. The van der Waals surface area contributed by atoms with Gasteiger partial charge in [0.1, 0.15) is 5.82 Å². The molecule has 0 spiro atoms. The van der Waals surface area contributed by atoms with Crippen molar-refractivity contribution in [2.24, 2.45) is 7.05 Å². The van der Waals surface area contributed by atoms with Crippen molar-refractivity contribution in [1.29, 1.82) is 0 Å². The minimum Gasteiger partial charge on any atom is -0.351 e. The van der Waals surface area contributed by atoms with Crippen LogP contribution in [-0.4, -0.2) is 30.9 Å². The zero-order valence-electron chi connectivity index (χ0n) is 17.4. The second-order valence-corrected chi connectivity index (χ2v) is 9.85. The monoisotopic (exact) mass is 428 g/mol. The summed E-state index contributed by atoms with van der Waals surface area (Å²) >= 11 is 3.29. The molecule has 3 aromatic rings. The summed E-state index contributed by atoms with van der Waals surface area (Å²) in [5.41, 5.74) is 2.96. The number of carbonyl (C=O) groups excluding carboxylic acids is 1. The molecule has 4 rings (SSSR count). The number of hydrogen-bond donors (Lipinski definition) is 0. The van der Waals surface area contributed by atoms with Gasteiger partial charge in [-0.3, -0.25) is 4.79 Å². The lowest BCUT2D eigenvalue weighted by molar-refractivity contribution is 0.102. The second kappa shape index (κ2) is 8.88. The number of thioether (sulfide) groups is 1. The Balaban J connectivity index is 1.55. The third-order valence-electron chi connectivity index (χ3n) is 6.00. The Morgan fingerprint density at radius 2 is 2.03 bits per heavy atom. The molecule has 0 aliphatic heterocycles. The molecule has 1 saturated carbocycles. The fourth-order valence-corrected chi connectivity index (χ4v) is 5.76. The number of aryl methyl sites for hydroxylation is 1. The van der Waals surface area contributed by atoms with Gasteiger partial charge in [-0.2, -0.15) is 0 Å². The summed E-state index contributed by atoms with van der Waals surface area (Å²) in [7, 11) is 2.01. The number of aromatic nitrogens is 4. The predicted molar refractivity (Wildman–Crippen MR) is 119 cm³/mol. The zero-order valence-corrected chi connectivity index (χ0v) is 19.0. The van der Waals surface area contributed by atoms with Gasteiger partial charge in [0.05, 0.1) is 5.75 Å². The van der Waals surface area contributed by atoms with E-state index in [1.807, 2.05) is 27.0 Å². The van der Waals surface area contributed by atoms with Gasteiger partial charge in [-0.05, 0) is 44.2 Å². The molecule has 0 radical (unpaired) electrons. The number of ketones is 1. The summed E-state index contributed by atoms with van der Waals surface area (Å²) in [6, 6.07) is 6.68. The van der Waals surface area contributed by atoms with Gasteiger partial charge in [0, 0.05) is 41.3 Å². The number of thiophene rings is 1. The van der Waals surface area contributed by atoms with E-state index in [4.69, 9.17) is 0 Å². The van der Waals surface area contributed by atoms with Crippen molar-refractivity contribution in [1.82, 2.24) is 19.3 Å². The lowest BCUT2D eigenvalue weighted by atomic mass is 9.95. The molecule has 0 saturated heterocycles. The molecule has 7 heteroatoms. The van der Waals surface area contributed by atoms with Gasteiger partial charge in [0.25, 0.3) is 0 Å². The molecule has 0 N–H and O–H groups in total. The first-order valence-corrected chi connectivity index (χ1v) is 12.2. The first-order chi connectivity index (χ1) is 14.0. The van der Waals surface area contributed by atoms with E-state index in [1.54, 1.807) is 11.3 Å². The maximum atomic E-state index is 12.9. The molecule has 0 bridgehead atoms. The largest absolute Gasteiger partial charge is 0.351 e. The summed E-state index contributed by atoms with van der Waals surface area (Å²) < 4.78 is 4.40. The van der Waals surface area contributed by atoms with Crippen LogP contribution in [0.2, 0.25) is 0 Å². The van der Waals surface area contributed by atoms with E-state index >= 15 is 0 Å². The van der Waals surface area contributed by atoms with Crippen molar-refractivity contribution in [3.63, 3.8) is 0 Å². The van der Waals surface area contributed by atoms with Crippen LogP contribution in [0.5, 0.6) is 0 Å². The lowest BCUT2D eigenvalue weighted by Gasteiger charge is -2.25. The SMILES string of the molecule is Cc1cc(C(=O)CSc2nnc(Cc3cccs3)n2C2CCCCC2)c(C)n1C. The first-order valence-electron chi connectivity index (χ1n) is 10.3. The van der Waals surface area contributed by atoms with Crippen LogP contribution in [-0.2, 0) is 13.5 Å². The van der Waals surface area contributed by atoms with Crippen LogP contribution >= 0.6 is 23.1 Å². The van der Waals surface area contributed by atoms with Gasteiger partial charge in [-0.15, -0.1) is 21.5 Å². The normalized spacial score (nSPS) is 15.1. The molecule has 0 atom stereocenters. The van der Waals surface area contributed by atoms with Gasteiger partial charge in [0.15, 0.2) is 10.9 Å².